The monoisotopic (exact) mass is 322 g/mol. The molecule has 1 saturated carbocycles. The number of carboxylic acid groups (broad SMARTS) is 1. The maximum Gasteiger partial charge on any atom is 0.331 e. The number of hydrogen-bond acceptors (Lipinski definition) is 6. The van der Waals surface area contributed by atoms with Gasteiger partial charge < -0.3 is 25.2 Å². The van der Waals surface area contributed by atoms with Crippen molar-refractivity contribution in [3.63, 3.8) is 0 Å². The molecule has 0 amide bonds. The number of rotatable bonds is 4. The van der Waals surface area contributed by atoms with Crippen molar-refractivity contribution >= 4 is 18.0 Å². The second-order valence-electron chi connectivity index (χ2n) is 5.47. The Labute approximate surface area is 132 Å². The lowest BCUT2D eigenvalue weighted by molar-refractivity contribution is -0.156. The van der Waals surface area contributed by atoms with Gasteiger partial charge in [-0.15, -0.1) is 0 Å². The lowest BCUT2D eigenvalue weighted by atomic mass is 9.85. The van der Waals surface area contributed by atoms with Crippen molar-refractivity contribution in [2.75, 3.05) is 0 Å². The van der Waals surface area contributed by atoms with Gasteiger partial charge in [0.2, 0.25) is 0 Å². The fraction of sp³-hybridized carbons (Fsp3) is 0.375. The average molecular weight is 322 g/mol. The van der Waals surface area contributed by atoms with E-state index in [1.54, 1.807) is 0 Å². The van der Waals surface area contributed by atoms with E-state index in [1.807, 2.05) is 0 Å². The Kier molecular flexibility index (Phi) is 5.23. The maximum absolute atomic E-state index is 11.7. The Balaban J connectivity index is 1.90. The summed E-state index contributed by atoms with van der Waals surface area (Å²) in [7, 11) is 0. The molecule has 1 aliphatic carbocycles. The first-order valence-electron chi connectivity index (χ1n) is 7.18. The quantitative estimate of drug-likeness (QED) is 0.374. The summed E-state index contributed by atoms with van der Waals surface area (Å²) in [6.07, 6.45) is 1.51. The molecule has 1 aromatic carbocycles. The molecule has 0 aliphatic heterocycles. The molecule has 7 heteroatoms. The molecule has 1 aliphatic rings. The zero-order valence-corrected chi connectivity index (χ0v) is 12.3. The Bertz CT molecular complexity index is 623. The summed E-state index contributed by atoms with van der Waals surface area (Å²) < 4.78 is 5.13. The highest BCUT2D eigenvalue weighted by atomic mass is 16.6. The van der Waals surface area contributed by atoms with Crippen LogP contribution in [0, 0.1) is 5.92 Å². The number of benzene rings is 1. The number of aliphatic carboxylic acids is 1. The van der Waals surface area contributed by atoms with Gasteiger partial charge in [-0.3, -0.25) is 4.79 Å². The second-order valence-corrected chi connectivity index (χ2v) is 5.47. The van der Waals surface area contributed by atoms with Crippen LogP contribution in [0.4, 0.5) is 0 Å². The molecule has 1 aromatic rings. The Hall–Kier alpha value is -2.54. The van der Waals surface area contributed by atoms with E-state index in [-0.39, 0.29) is 24.3 Å². The van der Waals surface area contributed by atoms with Gasteiger partial charge in [0.1, 0.15) is 6.10 Å². The number of aromatic hydroxyl groups is 2. The number of ether oxygens (including phenoxy) is 1. The summed E-state index contributed by atoms with van der Waals surface area (Å²) in [4.78, 5) is 22.6. The number of esters is 1. The largest absolute Gasteiger partial charge is 0.504 e. The number of aliphatic hydroxyl groups excluding tert-OH is 1. The van der Waals surface area contributed by atoms with Crippen LogP contribution in [0.15, 0.2) is 24.3 Å². The highest BCUT2D eigenvalue weighted by Gasteiger charge is 2.34. The normalized spacial score (nSPS) is 24.5. The van der Waals surface area contributed by atoms with Crippen molar-refractivity contribution in [2.45, 2.75) is 31.5 Å². The van der Waals surface area contributed by atoms with Gasteiger partial charge in [-0.2, -0.15) is 0 Å². The van der Waals surface area contributed by atoms with Crippen molar-refractivity contribution in [2.24, 2.45) is 5.92 Å². The number of aliphatic hydroxyl groups is 1. The number of phenolic OH excluding ortho intramolecular Hbond substituents is 2. The third kappa shape index (κ3) is 4.46. The molecule has 23 heavy (non-hydrogen) atoms. The summed E-state index contributed by atoms with van der Waals surface area (Å²) in [5.41, 5.74) is 0.493. The molecule has 7 nitrogen and oxygen atoms in total. The van der Waals surface area contributed by atoms with Gasteiger partial charge in [0, 0.05) is 6.08 Å². The van der Waals surface area contributed by atoms with E-state index in [0.717, 1.165) is 6.08 Å². The van der Waals surface area contributed by atoms with Crippen LogP contribution in [0.25, 0.3) is 6.08 Å². The smallest absolute Gasteiger partial charge is 0.331 e. The summed E-state index contributed by atoms with van der Waals surface area (Å²) in [6.45, 7) is 0. The minimum Gasteiger partial charge on any atom is -0.504 e. The number of carboxylic acids is 1. The Morgan fingerprint density at radius 3 is 2.52 bits per heavy atom. The summed E-state index contributed by atoms with van der Waals surface area (Å²) in [6, 6.07) is 4.08. The zero-order chi connectivity index (χ0) is 17.0. The molecule has 124 valence electrons. The van der Waals surface area contributed by atoms with Gasteiger partial charge in [0.25, 0.3) is 0 Å². The molecule has 4 N–H and O–H groups in total. The van der Waals surface area contributed by atoms with Crippen LogP contribution in [-0.4, -0.2) is 44.6 Å². The summed E-state index contributed by atoms with van der Waals surface area (Å²) in [5.74, 6) is -2.81. The first-order chi connectivity index (χ1) is 10.9. The van der Waals surface area contributed by atoms with Crippen LogP contribution in [0.1, 0.15) is 24.8 Å². The molecule has 3 atom stereocenters. The van der Waals surface area contributed by atoms with Gasteiger partial charge in [-0.05, 0) is 43.0 Å². The SMILES string of the molecule is O=C(/C=C/c1ccc(O)c(O)c1)O[C@@H]1CCC(C(=O)O)CC1O. The topological polar surface area (TPSA) is 124 Å². The van der Waals surface area contributed by atoms with Gasteiger partial charge >= 0.3 is 11.9 Å². The van der Waals surface area contributed by atoms with E-state index in [9.17, 15) is 24.9 Å². The fourth-order valence-electron chi connectivity index (χ4n) is 2.48. The van der Waals surface area contributed by atoms with Crippen molar-refractivity contribution in [1.82, 2.24) is 0 Å². The third-order valence-corrected chi connectivity index (χ3v) is 3.78. The van der Waals surface area contributed by atoms with Gasteiger partial charge in [-0.25, -0.2) is 4.79 Å². The molecular formula is C16H18O7. The molecule has 0 radical (unpaired) electrons. The van der Waals surface area contributed by atoms with Crippen LogP contribution in [-0.2, 0) is 14.3 Å². The number of hydrogen-bond donors (Lipinski definition) is 4. The van der Waals surface area contributed by atoms with E-state index in [2.05, 4.69) is 0 Å². The Morgan fingerprint density at radius 2 is 1.91 bits per heavy atom. The van der Waals surface area contributed by atoms with Crippen molar-refractivity contribution in [3.05, 3.63) is 29.8 Å². The summed E-state index contributed by atoms with van der Waals surface area (Å²) in [5, 5.41) is 37.3. The standard InChI is InChI=1S/C16H18O7/c17-11-4-1-9(7-12(11)18)2-6-15(20)23-14-5-3-10(16(21)22)8-13(14)19/h1-2,4,6-7,10,13-14,17-19H,3,5,8H2,(H,21,22)/b6-2+/t10?,13?,14-/m1/s1. The van der Waals surface area contributed by atoms with Gasteiger partial charge in [0.05, 0.1) is 12.0 Å². The molecule has 2 unspecified atom stereocenters. The van der Waals surface area contributed by atoms with E-state index >= 15 is 0 Å². The van der Waals surface area contributed by atoms with E-state index < -0.39 is 30.1 Å². The van der Waals surface area contributed by atoms with Crippen LogP contribution in [0.2, 0.25) is 0 Å². The van der Waals surface area contributed by atoms with Crippen molar-refractivity contribution in [1.29, 1.82) is 0 Å². The lowest BCUT2D eigenvalue weighted by Crippen LogP contribution is -2.39. The molecular weight excluding hydrogens is 304 g/mol. The first kappa shape index (κ1) is 16.8. The highest BCUT2D eigenvalue weighted by Crippen LogP contribution is 2.27. The molecule has 2 rings (SSSR count). The first-order valence-corrected chi connectivity index (χ1v) is 7.18. The maximum atomic E-state index is 11.7. The molecule has 0 saturated heterocycles. The molecule has 0 bridgehead atoms. The molecule has 0 spiro atoms. The van der Waals surface area contributed by atoms with E-state index in [0.29, 0.717) is 12.0 Å². The zero-order valence-electron chi connectivity index (χ0n) is 12.3. The predicted molar refractivity (Wildman–Crippen MR) is 79.7 cm³/mol. The van der Waals surface area contributed by atoms with E-state index in [1.165, 1.54) is 24.3 Å². The summed E-state index contributed by atoms with van der Waals surface area (Å²) >= 11 is 0. The van der Waals surface area contributed by atoms with Crippen LogP contribution in [0.3, 0.4) is 0 Å². The van der Waals surface area contributed by atoms with Crippen molar-refractivity contribution < 1.29 is 34.8 Å². The highest BCUT2D eigenvalue weighted by molar-refractivity contribution is 5.87. The average Bonchev–Trinajstić information content (AvgIpc) is 2.50. The minimum absolute atomic E-state index is 0.0584. The van der Waals surface area contributed by atoms with Gasteiger partial charge in [-0.1, -0.05) is 6.07 Å². The number of phenols is 2. The Morgan fingerprint density at radius 1 is 1.17 bits per heavy atom. The number of carbonyl (C=O) groups excluding carboxylic acids is 1. The van der Waals surface area contributed by atoms with Crippen LogP contribution >= 0.6 is 0 Å². The molecule has 0 heterocycles. The molecule has 0 aromatic heterocycles. The minimum atomic E-state index is -1.00. The van der Waals surface area contributed by atoms with Crippen LogP contribution in [0.5, 0.6) is 11.5 Å². The predicted octanol–water partition coefficient (Wildman–Crippen LogP) is 1.27. The van der Waals surface area contributed by atoms with Crippen molar-refractivity contribution in [3.8, 4) is 11.5 Å². The lowest BCUT2D eigenvalue weighted by Gasteiger charge is -2.30. The third-order valence-electron chi connectivity index (χ3n) is 3.78. The van der Waals surface area contributed by atoms with Gasteiger partial charge in [0.15, 0.2) is 11.5 Å². The fourth-order valence-corrected chi connectivity index (χ4v) is 2.48. The molecule has 1 fully saturated rings. The second kappa shape index (κ2) is 7.15. The van der Waals surface area contributed by atoms with Crippen LogP contribution < -0.4 is 0 Å². The number of carbonyl (C=O) groups is 2. The van der Waals surface area contributed by atoms with E-state index in [4.69, 9.17) is 9.84 Å².